The molecule has 1 heterocycles. The van der Waals surface area contributed by atoms with Crippen LogP contribution in [0.15, 0.2) is 24.3 Å². The van der Waals surface area contributed by atoms with Crippen molar-refractivity contribution in [2.75, 3.05) is 40.5 Å². The van der Waals surface area contributed by atoms with Crippen LogP contribution in [0.5, 0.6) is 5.75 Å². The van der Waals surface area contributed by atoms with Crippen LogP contribution in [0.1, 0.15) is 18.9 Å². The molecule has 1 unspecified atom stereocenters. The first-order chi connectivity index (χ1) is 10.6. The van der Waals surface area contributed by atoms with Crippen LogP contribution in [0.3, 0.4) is 0 Å². The van der Waals surface area contributed by atoms with Crippen LogP contribution in [0.2, 0.25) is 0 Å². The van der Waals surface area contributed by atoms with Gasteiger partial charge < -0.3 is 19.7 Å². The number of carbonyl (C=O) groups is 1. The van der Waals surface area contributed by atoms with Gasteiger partial charge in [0.15, 0.2) is 0 Å². The summed E-state index contributed by atoms with van der Waals surface area (Å²) < 4.78 is 10.7. The van der Waals surface area contributed by atoms with Crippen LogP contribution in [0.25, 0.3) is 0 Å². The number of methoxy groups -OCH3 is 1. The number of ether oxygens (including phenoxy) is 2. The lowest BCUT2D eigenvalue weighted by Gasteiger charge is -2.31. The van der Waals surface area contributed by atoms with Gasteiger partial charge in [-0.15, -0.1) is 0 Å². The molecule has 1 fully saturated rings. The normalized spacial score (nSPS) is 20.9. The highest BCUT2D eigenvalue weighted by Gasteiger charge is 2.42. The van der Waals surface area contributed by atoms with Gasteiger partial charge in [0, 0.05) is 27.2 Å². The lowest BCUT2D eigenvalue weighted by Crippen LogP contribution is -2.46. The van der Waals surface area contributed by atoms with Gasteiger partial charge in [-0.1, -0.05) is 12.1 Å². The standard InChI is InChI=1S/C17H26N2O3/c1-4-22-15-7-5-14(6-8-15)11-19(2)16(20)17(13-21-3)9-10-18-12-17/h5-8,18H,4,9-13H2,1-3H3. The molecule has 1 aliphatic heterocycles. The van der Waals surface area contributed by atoms with Crippen LogP contribution < -0.4 is 10.1 Å². The molecule has 122 valence electrons. The highest BCUT2D eigenvalue weighted by atomic mass is 16.5. The number of nitrogens with zero attached hydrogens (tertiary/aromatic N) is 1. The molecule has 1 saturated heterocycles. The number of benzene rings is 1. The minimum atomic E-state index is -0.422. The fourth-order valence-electron chi connectivity index (χ4n) is 3.00. The van der Waals surface area contributed by atoms with E-state index in [0.717, 1.165) is 24.3 Å². The summed E-state index contributed by atoms with van der Waals surface area (Å²) in [5, 5.41) is 3.28. The van der Waals surface area contributed by atoms with E-state index >= 15 is 0 Å². The molecule has 5 heteroatoms. The van der Waals surface area contributed by atoms with E-state index in [1.165, 1.54) is 0 Å². The Balaban J connectivity index is 2.01. The van der Waals surface area contributed by atoms with E-state index < -0.39 is 5.41 Å². The van der Waals surface area contributed by atoms with Crippen molar-refractivity contribution in [1.29, 1.82) is 0 Å². The van der Waals surface area contributed by atoms with Gasteiger partial charge in [0.2, 0.25) is 5.91 Å². The van der Waals surface area contributed by atoms with Gasteiger partial charge in [0.05, 0.1) is 18.6 Å². The van der Waals surface area contributed by atoms with E-state index in [0.29, 0.717) is 26.3 Å². The van der Waals surface area contributed by atoms with E-state index in [1.807, 2.05) is 38.2 Å². The molecule has 0 saturated carbocycles. The maximum Gasteiger partial charge on any atom is 0.232 e. The molecule has 0 spiro atoms. The Morgan fingerprint density at radius 1 is 1.36 bits per heavy atom. The van der Waals surface area contributed by atoms with E-state index in [2.05, 4.69) is 5.32 Å². The van der Waals surface area contributed by atoms with Crippen molar-refractivity contribution in [1.82, 2.24) is 10.2 Å². The summed E-state index contributed by atoms with van der Waals surface area (Å²) in [6, 6.07) is 7.90. The van der Waals surface area contributed by atoms with E-state index in [4.69, 9.17) is 9.47 Å². The van der Waals surface area contributed by atoms with Crippen molar-refractivity contribution in [2.24, 2.45) is 5.41 Å². The summed E-state index contributed by atoms with van der Waals surface area (Å²) in [6.07, 6.45) is 0.827. The molecular formula is C17H26N2O3. The number of amides is 1. The highest BCUT2D eigenvalue weighted by molar-refractivity contribution is 5.83. The number of carbonyl (C=O) groups excluding carboxylic acids is 1. The Kier molecular flexibility index (Phi) is 5.80. The number of nitrogens with one attached hydrogen (secondary N) is 1. The maximum absolute atomic E-state index is 12.8. The molecule has 1 aromatic rings. The zero-order valence-electron chi connectivity index (χ0n) is 13.7. The SMILES string of the molecule is CCOc1ccc(CN(C)C(=O)C2(COC)CCNC2)cc1. The molecule has 0 aliphatic carbocycles. The topological polar surface area (TPSA) is 50.8 Å². The average Bonchev–Trinajstić information content (AvgIpc) is 2.99. The number of hydrogen-bond acceptors (Lipinski definition) is 4. The van der Waals surface area contributed by atoms with Crippen LogP contribution in [0.4, 0.5) is 0 Å². The second kappa shape index (κ2) is 7.61. The summed E-state index contributed by atoms with van der Waals surface area (Å²) in [5.74, 6) is 1.00. The van der Waals surface area contributed by atoms with Gasteiger partial charge in [-0.3, -0.25) is 4.79 Å². The molecular weight excluding hydrogens is 280 g/mol. The molecule has 1 amide bonds. The van der Waals surface area contributed by atoms with Gasteiger partial charge in [0.25, 0.3) is 0 Å². The molecule has 2 rings (SSSR count). The van der Waals surface area contributed by atoms with Gasteiger partial charge >= 0.3 is 0 Å². The fourth-order valence-corrected chi connectivity index (χ4v) is 3.00. The minimum Gasteiger partial charge on any atom is -0.494 e. The zero-order chi connectivity index (χ0) is 16.0. The Bertz CT molecular complexity index is 481. The Morgan fingerprint density at radius 3 is 2.64 bits per heavy atom. The highest BCUT2D eigenvalue weighted by Crippen LogP contribution is 2.28. The second-order valence-electron chi connectivity index (χ2n) is 5.88. The molecule has 1 aromatic carbocycles. The lowest BCUT2D eigenvalue weighted by molar-refractivity contribution is -0.143. The fraction of sp³-hybridized carbons (Fsp3) is 0.588. The Morgan fingerprint density at radius 2 is 2.09 bits per heavy atom. The monoisotopic (exact) mass is 306 g/mol. The van der Waals surface area contributed by atoms with Gasteiger partial charge in [-0.2, -0.15) is 0 Å². The average molecular weight is 306 g/mol. The van der Waals surface area contributed by atoms with E-state index in [9.17, 15) is 4.79 Å². The maximum atomic E-state index is 12.8. The smallest absolute Gasteiger partial charge is 0.232 e. The summed E-state index contributed by atoms with van der Waals surface area (Å²) >= 11 is 0. The van der Waals surface area contributed by atoms with Crippen molar-refractivity contribution < 1.29 is 14.3 Å². The van der Waals surface area contributed by atoms with E-state index in [-0.39, 0.29) is 5.91 Å². The summed E-state index contributed by atoms with van der Waals surface area (Å²) in [5.41, 5.74) is 0.673. The predicted molar refractivity (Wildman–Crippen MR) is 85.9 cm³/mol. The van der Waals surface area contributed by atoms with Crippen LogP contribution in [0, 0.1) is 5.41 Å². The van der Waals surface area contributed by atoms with Crippen molar-refractivity contribution in [3.8, 4) is 5.75 Å². The predicted octanol–water partition coefficient (Wildman–Crippen LogP) is 1.67. The first kappa shape index (κ1) is 16.8. The van der Waals surface area contributed by atoms with Crippen molar-refractivity contribution in [3.05, 3.63) is 29.8 Å². The largest absolute Gasteiger partial charge is 0.494 e. The third kappa shape index (κ3) is 3.78. The zero-order valence-corrected chi connectivity index (χ0v) is 13.7. The second-order valence-corrected chi connectivity index (χ2v) is 5.88. The van der Waals surface area contributed by atoms with Crippen molar-refractivity contribution >= 4 is 5.91 Å². The van der Waals surface area contributed by atoms with Crippen molar-refractivity contribution in [3.63, 3.8) is 0 Å². The molecule has 22 heavy (non-hydrogen) atoms. The molecule has 1 N–H and O–H groups in total. The summed E-state index contributed by atoms with van der Waals surface area (Å²) in [6.45, 7) is 5.23. The van der Waals surface area contributed by atoms with Crippen molar-refractivity contribution in [2.45, 2.75) is 19.9 Å². The third-order valence-corrected chi connectivity index (χ3v) is 4.12. The van der Waals surface area contributed by atoms with Gasteiger partial charge in [0.1, 0.15) is 5.75 Å². The lowest BCUT2D eigenvalue weighted by atomic mass is 9.86. The summed E-state index contributed by atoms with van der Waals surface area (Å²) in [7, 11) is 3.51. The number of rotatable bonds is 7. The van der Waals surface area contributed by atoms with E-state index in [1.54, 1.807) is 12.0 Å². The summed E-state index contributed by atoms with van der Waals surface area (Å²) in [4.78, 5) is 14.6. The Hall–Kier alpha value is -1.59. The molecule has 0 radical (unpaired) electrons. The first-order valence-electron chi connectivity index (χ1n) is 7.78. The first-order valence-corrected chi connectivity index (χ1v) is 7.78. The molecule has 1 atom stereocenters. The molecule has 5 nitrogen and oxygen atoms in total. The minimum absolute atomic E-state index is 0.147. The van der Waals surface area contributed by atoms with Crippen LogP contribution >= 0.6 is 0 Å². The van der Waals surface area contributed by atoms with Crippen LogP contribution in [-0.2, 0) is 16.1 Å². The molecule has 1 aliphatic rings. The Labute approximate surface area is 132 Å². The quantitative estimate of drug-likeness (QED) is 0.832. The van der Waals surface area contributed by atoms with Gasteiger partial charge in [-0.25, -0.2) is 0 Å². The molecule has 0 aromatic heterocycles. The third-order valence-electron chi connectivity index (χ3n) is 4.12. The van der Waals surface area contributed by atoms with Gasteiger partial charge in [-0.05, 0) is 37.6 Å². The molecule has 0 bridgehead atoms. The van der Waals surface area contributed by atoms with Crippen LogP contribution in [-0.4, -0.2) is 51.3 Å². The number of hydrogen-bond donors (Lipinski definition) is 1.